The van der Waals surface area contributed by atoms with Gasteiger partial charge >= 0.3 is 0 Å². The highest BCUT2D eigenvalue weighted by molar-refractivity contribution is 9.10. The molecule has 2 aromatic heterocycles. The van der Waals surface area contributed by atoms with Crippen LogP contribution in [0.3, 0.4) is 0 Å². The van der Waals surface area contributed by atoms with Gasteiger partial charge in [0.15, 0.2) is 5.11 Å². The largest absolute Gasteiger partial charge is 0.351 e. The molecule has 1 fully saturated rings. The van der Waals surface area contributed by atoms with Gasteiger partial charge in [0.2, 0.25) is 0 Å². The minimum Gasteiger partial charge on any atom is -0.351 e. The number of benzene rings is 2. The van der Waals surface area contributed by atoms with Crippen LogP contribution in [0.15, 0.2) is 83.5 Å². The molecule has 2 aromatic carbocycles. The number of pyridine rings is 1. The van der Waals surface area contributed by atoms with Gasteiger partial charge in [-0.1, -0.05) is 45.7 Å². The zero-order valence-corrected chi connectivity index (χ0v) is 21.3. The maximum absolute atomic E-state index is 6.58. The number of thiocarbonyl (C=S) groups is 1. The van der Waals surface area contributed by atoms with Gasteiger partial charge in [0.1, 0.15) is 0 Å². The summed E-state index contributed by atoms with van der Waals surface area (Å²) in [5.74, 6) is 0. The lowest BCUT2D eigenvalue weighted by Crippen LogP contribution is -2.29. The summed E-state index contributed by atoms with van der Waals surface area (Å²) in [5.41, 5.74) is 6.37. The number of hydrogen-bond acceptors (Lipinski definition) is 2. The van der Waals surface area contributed by atoms with E-state index in [1.807, 2.05) is 60.8 Å². The first-order chi connectivity index (χ1) is 16.0. The fourth-order valence-electron chi connectivity index (χ4n) is 4.64. The van der Waals surface area contributed by atoms with Gasteiger partial charge in [0.05, 0.1) is 28.5 Å². The lowest BCUT2D eigenvalue weighted by atomic mass is 9.96. The standard InChI is InChI=1S/C26H22BrClN4S/c1-16-15-20(17(2)31(16)23-9-4-3-7-21(23)28)25-24(22-8-5-6-14-29-22)30-26(33)32(25)19-12-10-18(27)11-13-19/h3-15,24-25H,1-2H3,(H,30,33)/t24-,25+/m0/s1. The average Bonchev–Trinajstić information content (AvgIpc) is 3.31. The third-order valence-electron chi connectivity index (χ3n) is 6.09. The Labute approximate surface area is 212 Å². The van der Waals surface area contributed by atoms with Crippen molar-refractivity contribution in [3.8, 4) is 5.69 Å². The fourth-order valence-corrected chi connectivity index (χ4v) is 5.47. The number of para-hydroxylation sites is 1. The number of nitrogens with zero attached hydrogens (tertiary/aromatic N) is 3. The molecule has 1 aliphatic rings. The van der Waals surface area contributed by atoms with E-state index in [1.165, 1.54) is 5.56 Å². The van der Waals surface area contributed by atoms with Crippen LogP contribution < -0.4 is 10.2 Å². The van der Waals surface area contributed by atoms with Crippen LogP contribution in [0.4, 0.5) is 5.69 Å². The summed E-state index contributed by atoms with van der Waals surface area (Å²) in [7, 11) is 0. The maximum Gasteiger partial charge on any atom is 0.174 e. The van der Waals surface area contributed by atoms with E-state index in [0.717, 1.165) is 38.0 Å². The van der Waals surface area contributed by atoms with E-state index in [4.69, 9.17) is 23.8 Å². The van der Waals surface area contributed by atoms with Crippen molar-refractivity contribution in [1.29, 1.82) is 0 Å². The molecule has 1 aliphatic heterocycles. The fraction of sp³-hybridized carbons (Fsp3) is 0.154. The normalized spacial score (nSPS) is 17.9. The lowest BCUT2D eigenvalue weighted by Gasteiger charge is -2.28. The first kappa shape index (κ1) is 22.1. The molecule has 2 atom stereocenters. The molecule has 7 heteroatoms. The number of aryl methyl sites for hydroxylation is 1. The van der Waals surface area contributed by atoms with E-state index < -0.39 is 0 Å². The van der Waals surface area contributed by atoms with Gasteiger partial charge in [-0.15, -0.1) is 0 Å². The molecule has 166 valence electrons. The summed E-state index contributed by atoms with van der Waals surface area (Å²) in [6.45, 7) is 4.25. The molecule has 3 heterocycles. The van der Waals surface area contributed by atoms with Crippen molar-refractivity contribution in [2.45, 2.75) is 25.9 Å². The Kier molecular flexibility index (Phi) is 5.99. The molecule has 0 bridgehead atoms. The summed E-state index contributed by atoms with van der Waals surface area (Å²) in [6, 6.07) is 24.2. The number of rotatable bonds is 4. The Morgan fingerprint density at radius 2 is 1.73 bits per heavy atom. The third-order valence-corrected chi connectivity index (χ3v) is 7.25. The molecule has 0 amide bonds. The van der Waals surface area contributed by atoms with Crippen LogP contribution in [-0.4, -0.2) is 14.7 Å². The minimum absolute atomic E-state index is 0.0731. The number of nitrogens with one attached hydrogen (secondary N) is 1. The molecule has 0 spiro atoms. The molecule has 1 saturated heterocycles. The van der Waals surface area contributed by atoms with Crippen molar-refractivity contribution in [3.63, 3.8) is 0 Å². The van der Waals surface area contributed by atoms with Crippen molar-refractivity contribution in [1.82, 2.24) is 14.9 Å². The van der Waals surface area contributed by atoms with Gasteiger partial charge in [-0.2, -0.15) is 0 Å². The highest BCUT2D eigenvalue weighted by atomic mass is 79.9. The van der Waals surface area contributed by atoms with Crippen LogP contribution in [0, 0.1) is 13.8 Å². The quantitative estimate of drug-likeness (QED) is 0.282. The molecular weight excluding hydrogens is 516 g/mol. The Hall–Kier alpha value is -2.67. The zero-order chi connectivity index (χ0) is 23.1. The van der Waals surface area contributed by atoms with Crippen molar-refractivity contribution >= 4 is 50.5 Å². The van der Waals surface area contributed by atoms with E-state index in [9.17, 15) is 0 Å². The molecule has 5 rings (SSSR count). The maximum atomic E-state index is 6.58. The van der Waals surface area contributed by atoms with Crippen molar-refractivity contribution in [3.05, 3.63) is 111 Å². The first-order valence-electron chi connectivity index (χ1n) is 10.7. The van der Waals surface area contributed by atoms with Crippen LogP contribution in [0.1, 0.15) is 34.7 Å². The SMILES string of the molecule is Cc1cc([C@@H]2[C@H](c3ccccn3)NC(=S)N2c2ccc(Br)cc2)c(C)n1-c1ccccc1Cl. The summed E-state index contributed by atoms with van der Waals surface area (Å²) < 4.78 is 3.24. The Balaban J connectivity index is 1.69. The third kappa shape index (κ3) is 3.97. The van der Waals surface area contributed by atoms with Gasteiger partial charge in [0.25, 0.3) is 0 Å². The molecule has 0 unspecified atom stereocenters. The number of halogens is 2. The van der Waals surface area contributed by atoms with Crippen LogP contribution in [-0.2, 0) is 0 Å². The van der Waals surface area contributed by atoms with E-state index in [2.05, 4.69) is 67.7 Å². The van der Waals surface area contributed by atoms with Gasteiger partial charge in [0, 0.05) is 27.7 Å². The van der Waals surface area contributed by atoms with E-state index in [1.54, 1.807) is 0 Å². The predicted molar refractivity (Wildman–Crippen MR) is 142 cm³/mol. The molecular formula is C26H22BrClN4S. The Bertz CT molecular complexity index is 1320. The highest BCUT2D eigenvalue weighted by Crippen LogP contribution is 2.44. The second kappa shape index (κ2) is 8.93. The van der Waals surface area contributed by atoms with Crippen molar-refractivity contribution in [2.75, 3.05) is 4.90 Å². The minimum atomic E-state index is -0.0949. The van der Waals surface area contributed by atoms with E-state index in [-0.39, 0.29) is 12.1 Å². The number of anilines is 1. The van der Waals surface area contributed by atoms with Gasteiger partial charge in [-0.25, -0.2) is 0 Å². The number of hydrogen-bond donors (Lipinski definition) is 1. The van der Waals surface area contributed by atoms with E-state index >= 15 is 0 Å². The molecule has 0 radical (unpaired) electrons. The summed E-state index contributed by atoms with van der Waals surface area (Å²) >= 11 is 16.0. The second-order valence-corrected chi connectivity index (χ2v) is 9.80. The smallest absolute Gasteiger partial charge is 0.174 e. The molecule has 0 saturated carbocycles. The van der Waals surface area contributed by atoms with Crippen LogP contribution in [0.25, 0.3) is 5.69 Å². The van der Waals surface area contributed by atoms with Crippen LogP contribution in [0.2, 0.25) is 5.02 Å². The van der Waals surface area contributed by atoms with Crippen molar-refractivity contribution in [2.24, 2.45) is 0 Å². The van der Waals surface area contributed by atoms with Crippen molar-refractivity contribution < 1.29 is 0 Å². The molecule has 33 heavy (non-hydrogen) atoms. The zero-order valence-electron chi connectivity index (χ0n) is 18.2. The molecule has 4 aromatic rings. The monoisotopic (exact) mass is 536 g/mol. The summed E-state index contributed by atoms with van der Waals surface area (Å²) in [4.78, 5) is 6.85. The molecule has 1 N–H and O–H groups in total. The summed E-state index contributed by atoms with van der Waals surface area (Å²) in [5, 5.41) is 4.94. The first-order valence-corrected chi connectivity index (χ1v) is 12.2. The highest BCUT2D eigenvalue weighted by Gasteiger charge is 2.42. The van der Waals surface area contributed by atoms with E-state index in [0.29, 0.717) is 5.11 Å². The number of aromatic nitrogens is 2. The predicted octanol–water partition coefficient (Wildman–Crippen LogP) is 7.08. The molecule has 0 aliphatic carbocycles. The van der Waals surface area contributed by atoms with Gasteiger partial charge in [-0.05, 0) is 86.2 Å². The average molecular weight is 538 g/mol. The topological polar surface area (TPSA) is 33.1 Å². The van der Waals surface area contributed by atoms with Gasteiger partial charge in [-0.3, -0.25) is 4.98 Å². The molecule has 4 nitrogen and oxygen atoms in total. The van der Waals surface area contributed by atoms with Crippen LogP contribution >= 0.6 is 39.7 Å². The lowest BCUT2D eigenvalue weighted by molar-refractivity contribution is 0.565. The Morgan fingerprint density at radius 1 is 1.00 bits per heavy atom. The second-order valence-electron chi connectivity index (χ2n) is 8.09. The Morgan fingerprint density at radius 3 is 2.42 bits per heavy atom. The van der Waals surface area contributed by atoms with Crippen LogP contribution in [0.5, 0.6) is 0 Å². The van der Waals surface area contributed by atoms with Gasteiger partial charge < -0.3 is 14.8 Å². The summed E-state index contributed by atoms with van der Waals surface area (Å²) in [6.07, 6.45) is 1.83.